The Morgan fingerprint density at radius 1 is 1.15 bits per heavy atom. The van der Waals surface area contributed by atoms with E-state index >= 15 is 0 Å². The maximum absolute atomic E-state index is 12.6. The number of hydrogen-bond donors (Lipinski definition) is 2. The van der Waals surface area contributed by atoms with E-state index in [2.05, 4.69) is 10.6 Å². The molecule has 0 spiro atoms. The van der Waals surface area contributed by atoms with E-state index in [1.54, 1.807) is 0 Å². The highest BCUT2D eigenvalue weighted by molar-refractivity contribution is 6.03. The summed E-state index contributed by atoms with van der Waals surface area (Å²) in [6.07, 6.45) is 0.669. The summed E-state index contributed by atoms with van der Waals surface area (Å²) in [4.78, 5) is 36.7. The van der Waals surface area contributed by atoms with Gasteiger partial charge in [-0.25, -0.2) is 0 Å². The molecule has 2 N–H and O–H groups in total. The molecule has 0 aromatic heterocycles. The maximum atomic E-state index is 12.6. The molecule has 2 heterocycles. The first-order valence-electron chi connectivity index (χ1n) is 6.59. The average molecular weight is 273 g/mol. The van der Waals surface area contributed by atoms with Crippen LogP contribution >= 0.6 is 0 Å². The van der Waals surface area contributed by atoms with E-state index in [0.717, 1.165) is 11.3 Å². The van der Waals surface area contributed by atoms with Crippen LogP contribution in [0.5, 0.6) is 0 Å². The highest BCUT2D eigenvalue weighted by Crippen LogP contribution is 2.32. The molecule has 1 aromatic carbocycles. The summed E-state index contributed by atoms with van der Waals surface area (Å²) in [5, 5.41) is 5.45. The average Bonchev–Trinajstić information content (AvgIpc) is 2.45. The molecule has 0 radical (unpaired) electrons. The van der Waals surface area contributed by atoms with Gasteiger partial charge in [-0.2, -0.15) is 0 Å². The van der Waals surface area contributed by atoms with Crippen molar-refractivity contribution < 1.29 is 14.4 Å². The minimum Gasteiger partial charge on any atom is -0.385 e. The Morgan fingerprint density at radius 3 is 2.60 bits per heavy atom. The Hall–Kier alpha value is -2.37. The number of hydrogen-bond acceptors (Lipinski definition) is 4. The number of imide groups is 1. The minimum absolute atomic E-state index is 0.0450. The van der Waals surface area contributed by atoms with Crippen molar-refractivity contribution in [3.05, 3.63) is 29.8 Å². The van der Waals surface area contributed by atoms with Gasteiger partial charge in [0.05, 0.1) is 5.92 Å². The highest BCUT2D eigenvalue weighted by Gasteiger charge is 2.33. The van der Waals surface area contributed by atoms with Gasteiger partial charge in [0.2, 0.25) is 17.7 Å². The molecule has 104 valence electrons. The van der Waals surface area contributed by atoms with Crippen molar-refractivity contribution in [2.24, 2.45) is 0 Å². The van der Waals surface area contributed by atoms with Crippen molar-refractivity contribution in [1.82, 2.24) is 10.2 Å². The quantitative estimate of drug-likeness (QED) is 0.710. The van der Waals surface area contributed by atoms with Crippen LogP contribution in [0.3, 0.4) is 0 Å². The zero-order valence-electron chi connectivity index (χ0n) is 10.9. The van der Waals surface area contributed by atoms with E-state index in [9.17, 15) is 14.4 Å². The lowest BCUT2D eigenvalue weighted by Crippen LogP contribution is -2.54. The van der Waals surface area contributed by atoms with Crippen LogP contribution in [0.1, 0.15) is 17.9 Å². The summed E-state index contributed by atoms with van der Waals surface area (Å²) < 4.78 is 0. The normalized spacial score (nSPS) is 21.8. The molecule has 3 rings (SSSR count). The van der Waals surface area contributed by atoms with Gasteiger partial charge in [0.1, 0.15) is 13.1 Å². The van der Waals surface area contributed by atoms with Crippen molar-refractivity contribution in [3.8, 4) is 0 Å². The number of carbonyl (C=O) groups excluding carboxylic acids is 3. The van der Waals surface area contributed by atoms with Crippen LogP contribution in [0.2, 0.25) is 0 Å². The Bertz CT molecular complexity index is 569. The van der Waals surface area contributed by atoms with Gasteiger partial charge in [-0.05, 0) is 18.1 Å². The third-order valence-electron chi connectivity index (χ3n) is 3.64. The van der Waals surface area contributed by atoms with Crippen LogP contribution in [0.25, 0.3) is 0 Å². The monoisotopic (exact) mass is 273 g/mol. The lowest BCUT2D eigenvalue weighted by Gasteiger charge is -2.32. The second-order valence-electron chi connectivity index (χ2n) is 5.02. The molecule has 1 saturated heterocycles. The zero-order valence-corrected chi connectivity index (χ0v) is 10.9. The van der Waals surface area contributed by atoms with Crippen LogP contribution < -0.4 is 10.6 Å². The van der Waals surface area contributed by atoms with Gasteiger partial charge in [0, 0.05) is 12.2 Å². The van der Waals surface area contributed by atoms with Gasteiger partial charge in [-0.1, -0.05) is 18.2 Å². The van der Waals surface area contributed by atoms with Crippen molar-refractivity contribution in [2.45, 2.75) is 12.3 Å². The number of para-hydroxylation sites is 1. The van der Waals surface area contributed by atoms with Crippen LogP contribution in [-0.4, -0.2) is 42.3 Å². The number of anilines is 1. The lowest BCUT2D eigenvalue weighted by molar-refractivity contribution is -0.146. The van der Waals surface area contributed by atoms with Gasteiger partial charge in [-0.3, -0.25) is 19.7 Å². The highest BCUT2D eigenvalue weighted by atomic mass is 16.2. The summed E-state index contributed by atoms with van der Waals surface area (Å²) >= 11 is 0. The molecule has 0 saturated carbocycles. The molecule has 0 aliphatic carbocycles. The number of amides is 3. The summed E-state index contributed by atoms with van der Waals surface area (Å²) in [6, 6.07) is 7.65. The number of fused-ring (bicyclic) bond motifs is 1. The number of nitrogens with one attached hydrogen (secondary N) is 2. The number of carbonyl (C=O) groups is 3. The molecule has 3 amide bonds. The van der Waals surface area contributed by atoms with Gasteiger partial charge in [0.15, 0.2) is 0 Å². The molecule has 1 fully saturated rings. The largest absolute Gasteiger partial charge is 0.385 e. The summed E-state index contributed by atoms with van der Waals surface area (Å²) in [5.41, 5.74) is 1.88. The van der Waals surface area contributed by atoms with E-state index in [-0.39, 0.29) is 24.9 Å². The van der Waals surface area contributed by atoms with E-state index in [4.69, 9.17) is 0 Å². The van der Waals surface area contributed by atoms with Crippen LogP contribution in [-0.2, 0) is 14.4 Å². The SMILES string of the molecule is O=C1CN(C(=O)C2CCNc3ccccc32)CC(=O)N1. The topological polar surface area (TPSA) is 78.5 Å². The second-order valence-corrected chi connectivity index (χ2v) is 5.02. The number of piperazine rings is 1. The summed E-state index contributed by atoms with van der Waals surface area (Å²) in [5.74, 6) is -1.28. The lowest BCUT2D eigenvalue weighted by atomic mass is 9.89. The first-order valence-corrected chi connectivity index (χ1v) is 6.59. The fraction of sp³-hybridized carbons (Fsp3) is 0.357. The number of rotatable bonds is 1. The first-order chi connectivity index (χ1) is 9.65. The summed E-state index contributed by atoms with van der Waals surface area (Å²) in [7, 11) is 0. The van der Waals surface area contributed by atoms with Gasteiger partial charge in [-0.15, -0.1) is 0 Å². The summed E-state index contributed by atoms with van der Waals surface area (Å²) in [6.45, 7) is 0.620. The van der Waals surface area contributed by atoms with E-state index < -0.39 is 11.8 Å². The molecule has 2 aliphatic heterocycles. The van der Waals surface area contributed by atoms with Crippen molar-refractivity contribution in [2.75, 3.05) is 25.0 Å². The van der Waals surface area contributed by atoms with Crippen LogP contribution in [0.15, 0.2) is 24.3 Å². The van der Waals surface area contributed by atoms with Gasteiger partial charge < -0.3 is 10.2 Å². The van der Waals surface area contributed by atoms with E-state index in [1.807, 2.05) is 24.3 Å². The Labute approximate surface area is 116 Å². The Morgan fingerprint density at radius 2 is 1.85 bits per heavy atom. The molecular formula is C14H15N3O3. The van der Waals surface area contributed by atoms with Crippen molar-refractivity contribution in [3.63, 3.8) is 0 Å². The van der Waals surface area contributed by atoms with Crippen molar-refractivity contribution >= 4 is 23.4 Å². The molecule has 6 nitrogen and oxygen atoms in total. The van der Waals surface area contributed by atoms with Crippen LogP contribution in [0.4, 0.5) is 5.69 Å². The first kappa shape index (κ1) is 12.7. The molecule has 0 bridgehead atoms. The molecule has 1 unspecified atom stereocenters. The van der Waals surface area contributed by atoms with E-state index in [1.165, 1.54) is 4.90 Å². The zero-order chi connectivity index (χ0) is 14.1. The number of nitrogens with zero attached hydrogens (tertiary/aromatic N) is 1. The Balaban J connectivity index is 1.85. The van der Waals surface area contributed by atoms with Crippen molar-refractivity contribution in [1.29, 1.82) is 0 Å². The molecule has 20 heavy (non-hydrogen) atoms. The van der Waals surface area contributed by atoms with Gasteiger partial charge >= 0.3 is 0 Å². The molecular weight excluding hydrogens is 258 g/mol. The predicted octanol–water partition coefficient (Wildman–Crippen LogP) is 0.0708. The van der Waals surface area contributed by atoms with Crippen LogP contribution in [0, 0.1) is 0 Å². The van der Waals surface area contributed by atoms with Gasteiger partial charge in [0.25, 0.3) is 0 Å². The molecule has 6 heteroatoms. The fourth-order valence-corrected chi connectivity index (χ4v) is 2.74. The standard InChI is InChI=1S/C14H15N3O3/c18-12-7-17(8-13(19)16-12)14(20)10-5-6-15-11-4-2-1-3-9(10)11/h1-4,10,15H,5-8H2,(H,16,18,19). The minimum atomic E-state index is -0.420. The second kappa shape index (κ2) is 4.96. The third kappa shape index (κ3) is 2.24. The smallest absolute Gasteiger partial charge is 0.246 e. The Kier molecular flexibility index (Phi) is 3.14. The maximum Gasteiger partial charge on any atom is 0.246 e. The molecule has 1 atom stereocenters. The van der Waals surface area contributed by atoms with E-state index in [0.29, 0.717) is 13.0 Å². The molecule has 2 aliphatic rings. The number of benzene rings is 1. The fourth-order valence-electron chi connectivity index (χ4n) is 2.74. The predicted molar refractivity (Wildman–Crippen MR) is 72.0 cm³/mol. The molecule has 1 aromatic rings. The third-order valence-corrected chi connectivity index (χ3v) is 3.64.